The summed E-state index contributed by atoms with van der Waals surface area (Å²) < 4.78 is 29.0. The lowest BCUT2D eigenvalue weighted by Gasteiger charge is -2.13. The maximum absolute atomic E-state index is 11.6. The third kappa shape index (κ3) is 4.10. The zero-order valence-electron chi connectivity index (χ0n) is 10.7. The van der Waals surface area contributed by atoms with E-state index in [0.717, 1.165) is 12.8 Å². The van der Waals surface area contributed by atoms with Crippen LogP contribution in [0.4, 0.5) is 0 Å². The second-order valence-corrected chi connectivity index (χ2v) is 8.07. The summed E-state index contributed by atoms with van der Waals surface area (Å²) >= 11 is 3.20. The molecule has 1 saturated carbocycles. The number of hydrogen-bond acceptors (Lipinski definition) is 4. The number of carbonyl (C=O) groups excluding carboxylic acids is 1. The largest absolute Gasteiger partial charge is 0.482 e. The number of carbonyl (C=O) groups is 1. The molecule has 0 saturated heterocycles. The van der Waals surface area contributed by atoms with Crippen molar-refractivity contribution in [2.75, 3.05) is 6.61 Å². The zero-order valence-corrected chi connectivity index (χ0v) is 13.8. The first-order chi connectivity index (χ1) is 9.27. The van der Waals surface area contributed by atoms with Crippen molar-refractivity contribution in [1.82, 2.24) is 5.32 Å². The van der Waals surface area contributed by atoms with E-state index < -0.39 is 9.05 Å². The van der Waals surface area contributed by atoms with Crippen molar-refractivity contribution in [2.24, 2.45) is 0 Å². The van der Waals surface area contributed by atoms with E-state index in [4.69, 9.17) is 15.4 Å². The molecular formula is C12H13BrClNO4S. The van der Waals surface area contributed by atoms with E-state index in [1.54, 1.807) is 13.0 Å². The van der Waals surface area contributed by atoms with Gasteiger partial charge in [-0.25, -0.2) is 8.42 Å². The number of benzene rings is 1. The van der Waals surface area contributed by atoms with Gasteiger partial charge in [-0.3, -0.25) is 4.79 Å². The van der Waals surface area contributed by atoms with Crippen molar-refractivity contribution in [3.63, 3.8) is 0 Å². The normalized spacial score (nSPS) is 14.9. The summed E-state index contributed by atoms with van der Waals surface area (Å²) in [7, 11) is 1.44. The van der Waals surface area contributed by atoms with Gasteiger partial charge < -0.3 is 10.1 Å². The van der Waals surface area contributed by atoms with Crippen LogP contribution in [0.3, 0.4) is 0 Å². The molecule has 0 atom stereocenters. The van der Waals surface area contributed by atoms with E-state index in [1.165, 1.54) is 6.07 Å². The van der Waals surface area contributed by atoms with Gasteiger partial charge in [-0.2, -0.15) is 0 Å². The van der Waals surface area contributed by atoms with Gasteiger partial charge in [0.15, 0.2) is 6.61 Å². The van der Waals surface area contributed by atoms with Gasteiger partial charge in [0.2, 0.25) is 0 Å². The monoisotopic (exact) mass is 381 g/mol. The van der Waals surface area contributed by atoms with Gasteiger partial charge in [0.05, 0.1) is 0 Å². The van der Waals surface area contributed by atoms with Crippen LogP contribution in [0, 0.1) is 6.92 Å². The van der Waals surface area contributed by atoms with E-state index in [9.17, 15) is 13.2 Å². The number of nitrogens with one attached hydrogen (secondary N) is 1. The molecule has 8 heteroatoms. The Morgan fingerprint density at radius 1 is 1.50 bits per heavy atom. The molecule has 1 aromatic carbocycles. The highest BCUT2D eigenvalue weighted by atomic mass is 79.9. The van der Waals surface area contributed by atoms with Crippen LogP contribution in [-0.2, 0) is 13.8 Å². The van der Waals surface area contributed by atoms with E-state index in [0.29, 0.717) is 10.0 Å². The first-order valence-electron chi connectivity index (χ1n) is 5.94. The topological polar surface area (TPSA) is 72.5 Å². The summed E-state index contributed by atoms with van der Waals surface area (Å²) in [4.78, 5) is 11.4. The second kappa shape index (κ2) is 5.91. The van der Waals surface area contributed by atoms with Crippen molar-refractivity contribution < 1.29 is 17.9 Å². The Labute approximate surface area is 130 Å². The maximum atomic E-state index is 11.6. The molecule has 0 heterocycles. The van der Waals surface area contributed by atoms with Crippen LogP contribution in [0.1, 0.15) is 18.4 Å². The Morgan fingerprint density at radius 2 is 2.15 bits per heavy atom. The Balaban J connectivity index is 2.19. The predicted octanol–water partition coefficient (Wildman–Crippen LogP) is 2.34. The van der Waals surface area contributed by atoms with Gasteiger partial charge in [-0.05, 0) is 37.5 Å². The average Bonchev–Trinajstić information content (AvgIpc) is 3.09. The van der Waals surface area contributed by atoms with Crippen molar-refractivity contribution in [1.29, 1.82) is 0 Å². The van der Waals surface area contributed by atoms with Crippen LogP contribution in [-0.4, -0.2) is 27.0 Å². The minimum atomic E-state index is -3.95. The Bertz CT molecular complexity index is 643. The van der Waals surface area contributed by atoms with Gasteiger partial charge >= 0.3 is 0 Å². The molecule has 0 aliphatic heterocycles. The molecule has 1 N–H and O–H groups in total. The molecule has 1 aliphatic carbocycles. The Kier molecular flexibility index (Phi) is 4.61. The lowest BCUT2D eigenvalue weighted by molar-refractivity contribution is -0.123. The average molecular weight is 383 g/mol. The summed E-state index contributed by atoms with van der Waals surface area (Å²) in [5.74, 6) is -0.165. The molecule has 1 aliphatic rings. The van der Waals surface area contributed by atoms with Crippen LogP contribution in [0.25, 0.3) is 0 Å². The number of hydrogen-bond donors (Lipinski definition) is 1. The summed E-state index contributed by atoms with van der Waals surface area (Å²) in [5.41, 5.74) is 0.581. The molecule has 0 bridgehead atoms. The Hall–Kier alpha value is -0.790. The predicted molar refractivity (Wildman–Crippen MR) is 78.6 cm³/mol. The minimum Gasteiger partial charge on any atom is -0.482 e. The minimum absolute atomic E-state index is 0.106. The molecule has 20 heavy (non-hydrogen) atoms. The highest BCUT2D eigenvalue weighted by molar-refractivity contribution is 9.10. The van der Waals surface area contributed by atoms with Gasteiger partial charge in [0.25, 0.3) is 15.0 Å². The smallest absolute Gasteiger partial charge is 0.265 e. The molecule has 1 aromatic rings. The van der Waals surface area contributed by atoms with E-state index in [2.05, 4.69) is 21.2 Å². The number of amides is 1. The third-order valence-corrected chi connectivity index (χ3v) is 4.54. The fourth-order valence-corrected chi connectivity index (χ4v) is 3.48. The van der Waals surface area contributed by atoms with E-state index in [-0.39, 0.29) is 29.2 Å². The Morgan fingerprint density at radius 3 is 2.70 bits per heavy atom. The number of ether oxygens (including phenoxy) is 1. The standard InChI is InChI=1S/C12H13BrClNO4S/c1-7-4-8(13)5-10(20(14,17)18)12(7)19-6-11(16)15-9-2-3-9/h4-5,9H,2-3,6H2,1H3,(H,15,16). The molecule has 1 amide bonds. The zero-order chi connectivity index (χ0) is 14.9. The fraction of sp³-hybridized carbons (Fsp3) is 0.417. The van der Waals surface area contributed by atoms with Gasteiger partial charge in [0, 0.05) is 21.2 Å². The van der Waals surface area contributed by atoms with Crippen molar-refractivity contribution in [3.8, 4) is 5.75 Å². The highest BCUT2D eigenvalue weighted by Crippen LogP contribution is 2.33. The third-order valence-electron chi connectivity index (χ3n) is 2.76. The van der Waals surface area contributed by atoms with Crippen LogP contribution in [0.5, 0.6) is 5.75 Å². The van der Waals surface area contributed by atoms with Gasteiger partial charge in [-0.1, -0.05) is 15.9 Å². The molecule has 0 aromatic heterocycles. The van der Waals surface area contributed by atoms with Crippen LogP contribution in [0.15, 0.2) is 21.5 Å². The van der Waals surface area contributed by atoms with Gasteiger partial charge in [-0.15, -0.1) is 0 Å². The molecule has 5 nitrogen and oxygen atoms in total. The van der Waals surface area contributed by atoms with Crippen LogP contribution < -0.4 is 10.1 Å². The van der Waals surface area contributed by atoms with Crippen molar-refractivity contribution in [2.45, 2.75) is 30.7 Å². The number of rotatable bonds is 5. The second-order valence-electron chi connectivity index (χ2n) is 4.62. The SMILES string of the molecule is Cc1cc(Br)cc(S(=O)(=O)Cl)c1OCC(=O)NC1CC1. The van der Waals surface area contributed by atoms with E-state index >= 15 is 0 Å². The summed E-state index contributed by atoms with van der Waals surface area (Å²) in [6.45, 7) is 1.45. The molecule has 110 valence electrons. The first kappa shape index (κ1) is 15.6. The highest BCUT2D eigenvalue weighted by Gasteiger charge is 2.24. The maximum Gasteiger partial charge on any atom is 0.265 e. The summed E-state index contributed by atoms with van der Waals surface area (Å²) in [6.07, 6.45) is 1.95. The first-order valence-corrected chi connectivity index (χ1v) is 9.04. The van der Waals surface area contributed by atoms with E-state index in [1.807, 2.05) is 0 Å². The molecular weight excluding hydrogens is 370 g/mol. The number of halogens is 2. The summed E-state index contributed by atoms with van der Waals surface area (Å²) in [5, 5.41) is 2.76. The molecule has 0 spiro atoms. The van der Waals surface area contributed by atoms with Crippen molar-refractivity contribution >= 4 is 41.6 Å². The molecule has 0 unspecified atom stereocenters. The quantitative estimate of drug-likeness (QED) is 0.793. The molecule has 2 rings (SSSR count). The lowest BCUT2D eigenvalue weighted by Crippen LogP contribution is -2.30. The lowest BCUT2D eigenvalue weighted by atomic mass is 10.2. The molecule has 1 fully saturated rings. The fourth-order valence-electron chi connectivity index (χ4n) is 1.70. The van der Waals surface area contributed by atoms with Crippen molar-refractivity contribution in [3.05, 3.63) is 22.2 Å². The van der Waals surface area contributed by atoms with Crippen LogP contribution >= 0.6 is 26.6 Å². The summed E-state index contributed by atoms with van der Waals surface area (Å²) in [6, 6.07) is 3.27. The number of aryl methyl sites for hydroxylation is 1. The van der Waals surface area contributed by atoms with Crippen LogP contribution in [0.2, 0.25) is 0 Å². The molecule has 0 radical (unpaired) electrons. The van der Waals surface area contributed by atoms with Gasteiger partial charge in [0.1, 0.15) is 10.6 Å².